The van der Waals surface area contributed by atoms with Crippen LogP contribution < -0.4 is 0 Å². The van der Waals surface area contributed by atoms with E-state index in [9.17, 15) is 43.2 Å². The lowest BCUT2D eigenvalue weighted by atomic mass is 10.00. The van der Waals surface area contributed by atoms with Crippen LogP contribution in [0.15, 0.2) is 0 Å². The van der Waals surface area contributed by atoms with Gasteiger partial charge in [0.1, 0.15) is 19.3 Å². The molecule has 105 heavy (non-hydrogen) atoms. The number of ether oxygens (including phenoxy) is 4. The van der Waals surface area contributed by atoms with E-state index < -0.39 is 97.5 Å². The fourth-order valence-corrected chi connectivity index (χ4v) is 15.0. The molecule has 624 valence electrons. The summed E-state index contributed by atoms with van der Waals surface area (Å²) in [5.41, 5.74) is 0. The number of phosphoric acid groups is 2. The van der Waals surface area contributed by atoms with Crippen molar-refractivity contribution in [2.75, 3.05) is 39.6 Å². The fraction of sp³-hybridized carbons (Fsp3) is 0.953. The molecule has 0 amide bonds. The van der Waals surface area contributed by atoms with Crippen molar-refractivity contribution < 1.29 is 80.2 Å². The highest BCUT2D eigenvalue weighted by Crippen LogP contribution is 2.45. The lowest BCUT2D eigenvalue weighted by Gasteiger charge is -2.21. The molecule has 0 rings (SSSR count). The van der Waals surface area contributed by atoms with E-state index in [1.807, 2.05) is 0 Å². The smallest absolute Gasteiger partial charge is 0.462 e. The number of hydrogen-bond donors (Lipinski definition) is 3. The highest BCUT2D eigenvalue weighted by Gasteiger charge is 2.30. The first-order valence-electron chi connectivity index (χ1n) is 44.7. The van der Waals surface area contributed by atoms with E-state index in [0.717, 1.165) is 102 Å². The van der Waals surface area contributed by atoms with Gasteiger partial charge in [-0.2, -0.15) is 0 Å². The number of rotatable bonds is 86. The first kappa shape index (κ1) is 103. The van der Waals surface area contributed by atoms with Gasteiger partial charge in [0, 0.05) is 25.7 Å². The largest absolute Gasteiger partial charge is 0.472 e. The summed E-state index contributed by atoms with van der Waals surface area (Å²) in [5, 5.41) is 10.7. The van der Waals surface area contributed by atoms with Crippen LogP contribution in [0.5, 0.6) is 0 Å². The standard InChI is InChI=1S/C86H168O17P2/c1-6-10-13-16-19-22-25-27-29-31-33-35-37-39-41-43-45-48-50-53-59-64-69-83(88)96-75-81(102-86(91)72-67-62-55-52-49-46-44-42-40-38-36-34-32-30-28-26-23-20-17-14-11-7-2)77-100-104(92,93)98-73-80(87)74-99-105(94,95)101-78-82(76-97-84(89)70-65-60-57-56-58-63-68-79(5)9-4)103-85(90)71-66-61-54-51-47-24-21-18-15-12-8-3/h79-82,87H,6-78H2,1-5H3,(H,92,93)(H,94,95)/t79?,80-,81-,82-/m1/s1. The molecule has 0 spiro atoms. The molecule has 0 aliphatic heterocycles. The van der Waals surface area contributed by atoms with Gasteiger partial charge in [0.2, 0.25) is 0 Å². The monoisotopic (exact) mass is 1540 g/mol. The zero-order valence-corrected chi connectivity index (χ0v) is 70.7. The first-order valence-corrected chi connectivity index (χ1v) is 47.7. The predicted octanol–water partition coefficient (Wildman–Crippen LogP) is 26.4. The van der Waals surface area contributed by atoms with Crippen molar-refractivity contribution in [1.29, 1.82) is 0 Å². The summed E-state index contributed by atoms with van der Waals surface area (Å²) in [6.07, 6.45) is 72.6. The number of unbranched alkanes of at least 4 members (excludes halogenated alkanes) is 57. The van der Waals surface area contributed by atoms with Gasteiger partial charge in [-0.15, -0.1) is 0 Å². The van der Waals surface area contributed by atoms with Crippen LogP contribution in [0.25, 0.3) is 0 Å². The second-order valence-corrected chi connectivity index (χ2v) is 34.1. The molecule has 0 saturated carbocycles. The van der Waals surface area contributed by atoms with Crippen molar-refractivity contribution in [3.63, 3.8) is 0 Å². The van der Waals surface area contributed by atoms with Crippen LogP contribution in [0.3, 0.4) is 0 Å². The number of hydrogen-bond acceptors (Lipinski definition) is 15. The highest BCUT2D eigenvalue weighted by atomic mass is 31.2. The zero-order valence-electron chi connectivity index (χ0n) is 68.9. The summed E-state index contributed by atoms with van der Waals surface area (Å²) < 4.78 is 68.8. The summed E-state index contributed by atoms with van der Waals surface area (Å²) in [4.78, 5) is 73.1. The van der Waals surface area contributed by atoms with Gasteiger partial charge in [0.15, 0.2) is 12.2 Å². The quantitative estimate of drug-likeness (QED) is 0.0222. The molecule has 0 heterocycles. The van der Waals surface area contributed by atoms with E-state index in [-0.39, 0.29) is 25.7 Å². The van der Waals surface area contributed by atoms with Crippen LogP contribution in [0.1, 0.15) is 465 Å². The number of aliphatic hydroxyl groups is 1. The van der Waals surface area contributed by atoms with Gasteiger partial charge in [0.05, 0.1) is 26.4 Å². The number of carbonyl (C=O) groups excluding carboxylic acids is 4. The molecule has 0 aromatic carbocycles. The summed E-state index contributed by atoms with van der Waals surface area (Å²) in [5.74, 6) is -1.37. The minimum absolute atomic E-state index is 0.107. The molecular weight excluding hydrogens is 1370 g/mol. The maximum absolute atomic E-state index is 13.1. The molecular formula is C86H168O17P2. The van der Waals surface area contributed by atoms with E-state index in [4.69, 9.17) is 37.0 Å². The minimum Gasteiger partial charge on any atom is -0.462 e. The fourth-order valence-electron chi connectivity index (χ4n) is 13.4. The van der Waals surface area contributed by atoms with Gasteiger partial charge >= 0.3 is 39.5 Å². The Morgan fingerprint density at radius 3 is 0.676 bits per heavy atom. The van der Waals surface area contributed by atoms with Crippen LogP contribution in [0.2, 0.25) is 0 Å². The second-order valence-electron chi connectivity index (χ2n) is 31.2. The van der Waals surface area contributed by atoms with Gasteiger partial charge in [-0.05, 0) is 31.6 Å². The summed E-state index contributed by atoms with van der Waals surface area (Å²) >= 11 is 0. The molecule has 3 N–H and O–H groups in total. The van der Waals surface area contributed by atoms with E-state index in [0.29, 0.717) is 25.7 Å². The Kier molecular flexibility index (Phi) is 77.3. The molecule has 19 heteroatoms. The van der Waals surface area contributed by atoms with E-state index >= 15 is 0 Å². The Bertz CT molecular complexity index is 2000. The molecule has 0 fully saturated rings. The molecule has 17 nitrogen and oxygen atoms in total. The van der Waals surface area contributed by atoms with E-state index in [1.165, 1.54) is 283 Å². The third-order valence-electron chi connectivity index (χ3n) is 20.6. The second kappa shape index (κ2) is 78.7. The normalized spacial score (nSPS) is 14.0. The van der Waals surface area contributed by atoms with Crippen molar-refractivity contribution >= 4 is 39.5 Å². The number of esters is 4. The van der Waals surface area contributed by atoms with Gasteiger partial charge in [-0.1, -0.05) is 413 Å². The lowest BCUT2D eigenvalue weighted by Crippen LogP contribution is -2.30. The average Bonchev–Trinajstić information content (AvgIpc) is 0.908. The van der Waals surface area contributed by atoms with Crippen LogP contribution in [-0.2, 0) is 65.4 Å². The molecule has 3 unspecified atom stereocenters. The third-order valence-corrected chi connectivity index (χ3v) is 22.5. The van der Waals surface area contributed by atoms with Gasteiger partial charge in [-0.25, -0.2) is 9.13 Å². The Hall–Kier alpha value is -1.94. The summed E-state index contributed by atoms with van der Waals surface area (Å²) in [6, 6.07) is 0. The molecule has 0 aromatic heterocycles. The molecule has 6 atom stereocenters. The van der Waals surface area contributed by atoms with E-state index in [1.54, 1.807) is 0 Å². The van der Waals surface area contributed by atoms with Crippen molar-refractivity contribution in [3.8, 4) is 0 Å². The van der Waals surface area contributed by atoms with Crippen LogP contribution in [0.4, 0.5) is 0 Å². The van der Waals surface area contributed by atoms with Crippen molar-refractivity contribution in [1.82, 2.24) is 0 Å². The Morgan fingerprint density at radius 1 is 0.267 bits per heavy atom. The number of carbonyl (C=O) groups is 4. The maximum atomic E-state index is 13.1. The molecule has 0 aliphatic carbocycles. The van der Waals surface area contributed by atoms with Gasteiger partial charge < -0.3 is 33.8 Å². The van der Waals surface area contributed by atoms with Crippen LogP contribution in [-0.4, -0.2) is 96.7 Å². The van der Waals surface area contributed by atoms with Crippen molar-refractivity contribution in [3.05, 3.63) is 0 Å². The minimum atomic E-state index is -4.96. The van der Waals surface area contributed by atoms with Crippen molar-refractivity contribution in [2.45, 2.75) is 483 Å². The van der Waals surface area contributed by atoms with Gasteiger partial charge in [-0.3, -0.25) is 37.3 Å². The maximum Gasteiger partial charge on any atom is 0.472 e. The molecule has 0 aliphatic rings. The zero-order chi connectivity index (χ0) is 76.9. The molecule has 0 radical (unpaired) electrons. The van der Waals surface area contributed by atoms with Crippen molar-refractivity contribution in [2.24, 2.45) is 5.92 Å². The number of aliphatic hydroxyl groups excluding tert-OH is 1. The predicted molar refractivity (Wildman–Crippen MR) is 432 cm³/mol. The molecule has 0 aromatic rings. The Balaban J connectivity index is 5.17. The van der Waals surface area contributed by atoms with Gasteiger partial charge in [0.25, 0.3) is 0 Å². The summed E-state index contributed by atoms with van der Waals surface area (Å²) in [7, 11) is -9.92. The molecule has 0 saturated heterocycles. The number of phosphoric ester groups is 2. The van der Waals surface area contributed by atoms with E-state index in [2.05, 4.69) is 34.6 Å². The first-order chi connectivity index (χ1) is 51.1. The third kappa shape index (κ3) is 78.5. The average molecular weight is 1540 g/mol. The van der Waals surface area contributed by atoms with Crippen LogP contribution >= 0.6 is 15.6 Å². The Labute approximate surface area is 645 Å². The highest BCUT2D eigenvalue weighted by molar-refractivity contribution is 7.47. The lowest BCUT2D eigenvalue weighted by molar-refractivity contribution is -0.161. The van der Waals surface area contributed by atoms with Crippen LogP contribution in [0, 0.1) is 5.92 Å². The Morgan fingerprint density at radius 2 is 0.457 bits per heavy atom. The molecule has 0 bridgehead atoms. The topological polar surface area (TPSA) is 237 Å². The SMILES string of the molecule is CCCCCCCCCCCCCCCCCCCCCCCCC(=O)OC[C@H](COP(=O)(O)OC[C@@H](O)COP(=O)(O)OC[C@@H](COC(=O)CCCCCCCCC(C)CC)OC(=O)CCCCCCCCCCCCC)OC(=O)CCCCCCCCCCCCCCCCCCCCCCCC. The summed E-state index contributed by atoms with van der Waals surface area (Å²) in [6.45, 7) is 7.30.